The third-order valence-electron chi connectivity index (χ3n) is 3.84. The summed E-state index contributed by atoms with van der Waals surface area (Å²) < 4.78 is 0. The van der Waals surface area contributed by atoms with Crippen LogP contribution in [0.4, 0.5) is 11.8 Å². The van der Waals surface area contributed by atoms with Gasteiger partial charge in [0.05, 0.1) is 5.69 Å². The summed E-state index contributed by atoms with van der Waals surface area (Å²) in [7, 11) is 0. The minimum absolute atomic E-state index is 0.261. The highest BCUT2D eigenvalue weighted by atomic mass is 15.1. The van der Waals surface area contributed by atoms with Gasteiger partial charge in [-0.25, -0.2) is 4.98 Å². The molecular formula is C20H23N5. The smallest absolute Gasteiger partial charge is 0.225 e. The zero-order valence-corrected chi connectivity index (χ0v) is 14.8. The molecule has 0 fully saturated rings. The Bertz CT molecular complexity index is 830. The molecular weight excluding hydrogens is 310 g/mol. The van der Waals surface area contributed by atoms with Crippen LogP contribution in [0, 0.1) is 6.92 Å². The van der Waals surface area contributed by atoms with Gasteiger partial charge in [0.25, 0.3) is 0 Å². The second kappa shape index (κ2) is 7.75. The van der Waals surface area contributed by atoms with Gasteiger partial charge in [0, 0.05) is 36.6 Å². The summed E-state index contributed by atoms with van der Waals surface area (Å²) in [5.74, 6) is 1.42. The van der Waals surface area contributed by atoms with E-state index in [0.717, 1.165) is 23.6 Å². The average Bonchev–Trinajstić information content (AvgIpc) is 2.61. The van der Waals surface area contributed by atoms with Crippen molar-refractivity contribution >= 4 is 11.8 Å². The lowest BCUT2D eigenvalue weighted by atomic mass is 10.1. The Balaban J connectivity index is 1.88. The Labute approximate surface area is 148 Å². The molecule has 2 N–H and O–H groups in total. The van der Waals surface area contributed by atoms with Gasteiger partial charge >= 0.3 is 0 Å². The second-order valence-corrected chi connectivity index (χ2v) is 6.28. The average molecular weight is 333 g/mol. The number of aryl methyl sites for hydroxylation is 1. The van der Waals surface area contributed by atoms with E-state index in [1.807, 2.05) is 18.2 Å². The standard InChI is InChI=1S/C20H23N5/c1-14(2)23-20-24-18(16-8-10-21-11-9-16)12-19(25-20)22-13-17-7-5-4-6-15(17)3/h4-12,14H,13H2,1-3H3,(H2,22,23,24,25). The van der Waals surface area contributed by atoms with E-state index < -0.39 is 0 Å². The van der Waals surface area contributed by atoms with Crippen LogP contribution in [0.5, 0.6) is 0 Å². The molecule has 5 nitrogen and oxygen atoms in total. The molecule has 0 saturated heterocycles. The number of pyridine rings is 1. The molecule has 0 aliphatic rings. The molecule has 3 aromatic rings. The molecule has 1 aromatic carbocycles. The van der Waals surface area contributed by atoms with Gasteiger partial charge in [-0.1, -0.05) is 24.3 Å². The highest BCUT2D eigenvalue weighted by Gasteiger charge is 2.08. The van der Waals surface area contributed by atoms with Gasteiger partial charge in [-0.3, -0.25) is 4.98 Å². The zero-order chi connectivity index (χ0) is 17.6. The van der Waals surface area contributed by atoms with Gasteiger partial charge in [-0.15, -0.1) is 0 Å². The SMILES string of the molecule is Cc1ccccc1CNc1cc(-c2ccncc2)nc(NC(C)C)n1. The molecule has 0 bridgehead atoms. The maximum atomic E-state index is 4.63. The number of hydrogen-bond acceptors (Lipinski definition) is 5. The predicted octanol–water partition coefficient (Wildman–Crippen LogP) is 4.28. The van der Waals surface area contributed by atoms with Crippen LogP contribution < -0.4 is 10.6 Å². The monoisotopic (exact) mass is 333 g/mol. The van der Waals surface area contributed by atoms with Crippen molar-refractivity contribution in [2.24, 2.45) is 0 Å². The molecule has 0 saturated carbocycles. The van der Waals surface area contributed by atoms with Crippen molar-refractivity contribution in [3.8, 4) is 11.3 Å². The van der Waals surface area contributed by atoms with E-state index in [2.05, 4.69) is 70.6 Å². The molecule has 0 amide bonds. The molecule has 128 valence electrons. The second-order valence-electron chi connectivity index (χ2n) is 6.28. The van der Waals surface area contributed by atoms with Gasteiger partial charge in [0.1, 0.15) is 5.82 Å². The highest BCUT2D eigenvalue weighted by Crippen LogP contribution is 2.22. The summed E-state index contributed by atoms with van der Waals surface area (Å²) in [5.41, 5.74) is 4.40. The lowest BCUT2D eigenvalue weighted by Crippen LogP contribution is -2.14. The van der Waals surface area contributed by atoms with Crippen LogP contribution in [0.2, 0.25) is 0 Å². The quantitative estimate of drug-likeness (QED) is 0.705. The van der Waals surface area contributed by atoms with E-state index in [1.54, 1.807) is 12.4 Å². The summed E-state index contributed by atoms with van der Waals surface area (Å²) in [4.78, 5) is 13.3. The van der Waals surface area contributed by atoms with Crippen molar-refractivity contribution in [2.45, 2.75) is 33.4 Å². The third kappa shape index (κ3) is 4.53. The molecule has 0 unspecified atom stereocenters. The number of nitrogens with zero attached hydrogens (tertiary/aromatic N) is 3. The minimum Gasteiger partial charge on any atom is -0.366 e. The normalized spacial score (nSPS) is 10.7. The van der Waals surface area contributed by atoms with Crippen LogP contribution in [0.3, 0.4) is 0 Å². The molecule has 0 spiro atoms. The van der Waals surface area contributed by atoms with Gasteiger partial charge < -0.3 is 10.6 Å². The van der Waals surface area contributed by atoms with Crippen LogP contribution >= 0.6 is 0 Å². The van der Waals surface area contributed by atoms with Crippen molar-refractivity contribution in [3.63, 3.8) is 0 Å². The van der Waals surface area contributed by atoms with E-state index in [0.29, 0.717) is 5.95 Å². The number of aromatic nitrogens is 3. The number of benzene rings is 1. The first-order valence-electron chi connectivity index (χ1n) is 8.46. The number of rotatable bonds is 6. The largest absolute Gasteiger partial charge is 0.366 e. The van der Waals surface area contributed by atoms with Crippen LogP contribution in [0.25, 0.3) is 11.3 Å². The molecule has 0 aliphatic heterocycles. The number of nitrogens with one attached hydrogen (secondary N) is 2. The lowest BCUT2D eigenvalue weighted by Gasteiger charge is -2.13. The lowest BCUT2D eigenvalue weighted by molar-refractivity contribution is 0.874. The molecule has 2 aromatic heterocycles. The fourth-order valence-corrected chi connectivity index (χ4v) is 2.53. The molecule has 3 rings (SSSR count). The summed E-state index contributed by atoms with van der Waals surface area (Å²) in [6.07, 6.45) is 3.54. The Morgan fingerprint density at radius 3 is 2.48 bits per heavy atom. The van der Waals surface area contributed by atoms with Crippen molar-refractivity contribution in [3.05, 3.63) is 66.0 Å². The first kappa shape index (κ1) is 16.9. The third-order valence-corrected chi connectivity index (χ3v) is 3.84. The minimum atomic E-state index is 0.261. The van der Waals surface area contributed by atoms with Crippen LogP contribution in [-0.4, -0.2) is 21.0 Å². The van der Waals surface area contributed by atoms with Crippen molar-refractivity contribution < 1.29 is 0 Å². The van der Waals surface area contributed by atoms with E-state index >= 15 is 0 Å². The highest BCUT2D eigenvalue weighted by molar-refractivity contribution is 5.64. The van der Waals surface area contributed by atoms with Crippen LogP contribution in [0.15, 0.2) is 54.9 Å². The topological polar surface area (TPSA) is 62.7 Å². The van der Waals surface area contributed by atoms with Crippen LogP contribution in [-0.2, 0) is 6.54 Å². The molecule has 5 heteroatoms. The number of anilines is 2. The Kier molecular flexibility index (Phi) is 5.23. The van der Waals surface area contributed by atoms with E-state index in [-0.39, 0.29) is 6.04 Å². The molecule has 0 radical (unpaired) electrons. The van der Waals surface area contributed by atoms with Crippen molar-refractivity contribution in [1.82, 2.24) is 15.0 Å². The molecule has 2 heterocycles. The summed E-state index contributed by atoms with van der Waals surface area (Å²) in [6.45, 7) is 6.98. The maximum Gasteiger partial charge on any atom is 0.225 e. The number of hydrogen-bond donors (Lipinski definition) is 2. The Morgan fingerprint density at radius 1 is 1.00 bits per heavy atom. The molecule has 25 heavy (non-hydrogen) atoms. The Hall–Kier alpha value is -2.95. The molecule has 0 aliphatic carbocycles. The van der Waals surface area contributed by atoms with E-state index in [9.17, 15) is 0 Å². The predicted molar refractivity (Wildman–Crippen MR) is 103 cm³/mol. The van der Waals surface area contributed by atoms with Crippen molar-refractivity contribution in [1.29, 1.82) is 0 Å². The first-order valence-corrected chi connectivity index (χ1v) is 8.46. The van der Waals surface area contributed by atoms with Gasteiger partial charge in [0.2, 0.25) is 5.95 Å². The summed E-state index contributed by atoms with van der Waals surface area (Å²) in [6, 6.07) is 14.5. The zero-order valence-electron chi connectivity index (χ0n) is 14.8. The first-order chi connectivity index (χ1) is 12.1. The fourth-order valence-electron chi connectivity index (χ4n) is 2.53. The van der Waals surface area contributed by atoms with Crippen molar-refractivity contribution in [2.75, 3.05) is 10.6 Å². The summed E-state index contributed by atoms with van der Waals surface area (Å²) >= 11 is 0. The van der Waals surface area contributed by atoms with Gasteiger partial charge in [-0.05, 0) is 44.0 Å². The summed E-state index contributed by atoms with van der Waals surface area (Å²) in [5, 5.41) is 6.71. The maximum absolute atomic E-state index is 4.63. The van der Waals surface area contributed by atoms with Crippen LogP contribution in [0.1, 0.15) is 25.0 Å². The van der Waals surface area contributed by atoms with E-state index in [4.69, 9.17) is 0 Å². The fraction of sp³-hybridized carbons (Fsp3) is 0.250. The Morgan fingerprint density at radius 2 is 1.76 bits per heavy atom. The van der Waals surface area contributed by atoms with Gasteiger partial charge in [-0.2, -0.15) is 4.98 Å². The van der Waals surface area contributed by atoms with E-state index in [1.165, 1.54) is 11.1 Å². The van der Waals surface area contributed by atoms with Gasteiger partial charge in [0.15, 0.2) is 0 Å². The molecule has 0 atom stereocenters.